The van der Waals surface area contributed by atoms with Crippen LogP contribution in [0, 0.1) is 5.41 Å². The largest absolute Gasteiger partial charge is 0.375 e. The van der Waals surface area contributed by atoms with Gasteiger partial charge in [0.05, 0.1) is 12.3 Å². The number of unbranched alkanes of at least 4 members (excludes halogenated alkanes) is 3. The number of hydrogen-bond donors (Lipinski definition) is 1. The monoisotopic (exact) mass is 238 g/mol. The smallest absolute Gasteiger partial charge is 0.0883 e. The fourth-order valence-corrected chi connectivity index (χ4v) is 2.01. The van der Waals surface area contributed by atoms with Crippen molar-refractivity contribution in [1.82, 2.24) is 4.90 Å². The summed E-state index contributed by atoms with van der Waals surface area (Å²) in [5.41, 5.74) is 1.80. The molecule has 0 unspecified atom stereocenters. The highest BCUT2D eigenvalue weighted by molar-refractivity contribution is 5.99. The van der Waals surface area contributed by atoms with Crippen LogP contribution in [-0.4, -0.2) is 44.0 Å². The van der Waals surface area contributed by atoms with Crippen molar-refractivity contribution in [1.29, 1.82) is 5.41 Å². The molecule has 3 heteroatoms. The van der Waals surface area contributed by atoms with Crippen molar-refractivity contribution >= 4 is 5.71 Å². The molecule has 0 radical (unpaired) electrons. The lowest BCUT2D eigenvalue weighted by Gasteiger charge is -2.23. The molecule has 1 rings (SSSR count). The molecule has 0 aromatic carbocycles. The minimum absolute atomic E-state index is 0.478. The van der Waals surface area contributed by atoms with Crippen LogP contribution in [-0.2, 0) is 4.74 Å². The fourth-order valence-electron chi connectivity index (χ4n) is 2.01. The van der Waals surface area contributed by atoms with Crippen LogP contribution in [0.1, 0.15) is 39.0 Å². The summed E-state index contributed by atoms with van der Waals surface area (Å²) < 4.78 is 5.55. The molecule has 1 N–H and O–H groups in total. The van der Waals surface area contributed by atoms with Crippen LogP contribution in [0.3, 0.4) is 0 Å². The van der Waals surface area contributed by atoms with Gasteiger partial charge < -0.3 is 15.0 Å². The molecule has 0 fully saturated rings. The summed E-state index contributed by atoms with van der Waals surface area (Å²) in [7, 11) is 2.10. The summed E-state index contributed by atoms with van der Waals surface area (Å²) in [5, 5.41) is 7.97. The second kappa shape index (κ2) is 8.43. The maximum absolute atomic E-state index is 7.97. The van der Waals surface area contributed by atoms with E-state index in [-0.39, 0.29) is 0 Å². The van der Waals surface area contributed by atoms with Crippen molar-refractivity contribution in [3.63, 3.8) is 0 Å². The molecule has 1 aliphatic heterocycles. The number of hydrogen-bond acceptors (Lipinski definition) is 3. The standard InChI is InChI=1S/C14H26N2O/c1-3-4-5-6-10-17-12-14(15)13-8-7-9-16(2)11-13/h8,15H,3-7,9-12H2,1-2H3. The van der Waals surface area contributed by atoms with Gasteiger partial charge in [0, 0.05) is 19.7 Å². The van der Waals surface area contributed by atoms with Gasteiger partial charge in [-0.2, -0.15) is 0 Å². The first-order valence-corrected chi connectivity index (χ1v) is 6.77. The molecule has 0 saturated carbocycles. The van der Waals surface area contributed by atoms with Gasteiger partial charge in [0.15, 0.2) is 0 Å². The average molecular weight is 238 g/mol. The van der Waals surface area contributed by atoms with Crippen LogP contribution in [0.2, 0.25) is 0 Å². The van der Waals surface area contributed by atoms with E-state index in [0.717, 1.165) is 38.1 Å². The Morgan fingerprint density at radius 1 is 1.41 bits per heavy atom. The zero-order valence-corrected chi connectivity index (χ0v) is 11.3. The zero-order chi connectivity index (χ0) is 12.5. The molecule has 0 aromatic heterocycles. The third-order valence-corrected chi connectivity index (χ3v) is 3.12. The highest BCUT2D eigenvalue weighted by atomic mass is 16.5. The van der Waals surface area contributed by atoms with Gasteiger partial charge in [0.25, 0.3) is 0 Å². The molecule has 0 amide bonds. The molecule has 98 valence electrons. The van der Waals surface area contributed by atoms with E-state index in [9.17, 15) is 0 Å². The first-order chi connectivity index (χ1) is 8.24. The molecule has 0 aliphatic carbocycles. The number of ether oxygens (including phenoxy) is 1. The lowest BCUT2D eigenvalue weighted by atomic mass is 10.1. The third-order valence-electron chi connectivity index (χ3n) is 3.12. The van der Waals surface area contributed by atoms with Crippen molar-refractivity contribution in [3.05, 3.63) is 11.6 Å². The second-order valence-electron chi connectivity index (χ2n) is 4.85. The summed E-state index contributed by atoms with van der Waals surface area (Å²) in [6.45, 7) is 5.49. The van der Waals surface area contributed by atoms with E-state index in [2.05, 4.69) is 24.9 Å². The van der Waals surface area contributed by atoms with E-state index in [1.807, 2.05) is 0 Å². The average Bonchev–Trinajstić information content (AvgIpc) is 2.33. The van der Waals surface area contributed by atoms with Crippen molar-refractivity contribution in [3.8, 4) is 0 Å². The van der Waals surface area contributed by atoms with Gasteiger partial charge in [-0.3, -0.25) is 0 Å². The van der Waals surface area contributed by atoms with E-state index in [4.69, 9.17) is 10.1 Å². The molecular formula is C14H26N2O. The summed E-state index contributed by atoms with van der Waals surface area (Å²) in [4.78, 5) is 2.26. The lowest BCUT2D eigenvalue weighted by Crippen LogP contribution is -2.29. The SMILES string of the molecule is CCCCCCOCC(=N)C1=CCCN(C)C1. The molecule has 0 saturated heterocycles. The van der Waals surface area contributed by atoms with Crippen molar-refractivity contribution in [2.75, 3.05) is 33.4 Å². The highest BCUT2D eigenvalue weighted by Gasteiger charge is 2.12. The van der Waals surface area contributed by atoms with Gasteiger partial charge in [-0.25, -0.2) is 0 Å². The van der Waals surface area contributed by atoms with Gasteiger partial charge >= 0.3 is 0 Å². The highest BCUT2D eigenvalue weighted by Crippen LogP contribution is 2.09. The maximum atomic E-state index is 7.97. The van der Waals surface area contributed by atoms with E-state index in [1.54, 1.807) is 0 Å². The predicted molar refractivity (Wildman–Crippen MR) is 72.9 cm³/mol. The van der Waals surface area contributed by atoms with Crippen molar-refractivity contribution in [2.24, 2.45) is 0 Å². The molecule has 3 nitrogen and oxygen atoms in total. The predicted octanol–water partition coefficient (Wildman–Crippen LogP) is 2.86. The van der Waals surface area contributed by atoms with Crippen LogP contribution >= 0.6 is 0 Å². The van der Waals surface area contributed by atoms with Crippen LogP contribution in [0.4, 0.5) is 0 Å². The van der Waals surface area contributed by atoms with Crippen LogP contribution < -0.4 is 0 Å². The molecule has 1 aliphatic rings. The van der Waals surface area contributed by atoms with E-state index >= 15 is 0 Å². The Kier molecular flexibility index (Phi) is 7.13. The summed E-state index contributed by atoms with van der Waals surface area (Å²) in [6, 6.07) is 0. The normalized spacial score (nSPS) is 16.9. The van der Waals surface area contributed by atoms with Crippen LogP contribution in [0.5, 0.6) is 0 Å². The molecule has 0 atom stereocenters. The summed E-state index contributed by atoms with van der Waals surface area (Å²) >= 11 is 0. The van der Waals surface area contributed by atoms with Crippen LogP contribution in [0.15, 0.2) is 11.6 Å². The Bertz CT molecular complexity index is 261. The lowest BCUT2D eigenvalue weighted by molar-refractivity contribution is 0.165. The van der Waals surface area contributed by atoms with Crippen molar-refractivity contribution in [2.45, 2.75) is 39.0 Å². The number of rotatable bonds is 8. The van der Waals surface area contributed by atoms with E-state index < -0.39 is 0 Å². The minimum atomic E-state index is 0.478. The quantitative estimate of drug-likeness (QED) is 0.521. The Balaban J connectivity index is 2.10. The van der Waals surface area contributed by atoms with Gasteiger partial charge in [0.1, 0.15) is 0 Å². The Morgan fingerprint density at radius 3 is 2.94 bits per heavy atom. The van der Waals surface area contributed by atoms with Gasteiger partial charge in [0.2, 0.25) is 0 Å². The molecule has 0 aromatic rings. The second-order valence-corrected chi connectivity index (χ2v) is 4.85. The van der Waals surface area contributed by atoms with E-state index in [0.29, 0.717) is 12.3 Å². The Hall–Kier alpha value is -0.670. The Labute approximate surface area is 105 Å². The topological polar surface area (TPSA) is 36.3 Å². The van der Waals surface area contributed by atoms with Gasteiger partial charge in [-0.05, 0) is 25.5 Å². The molecule has 1 heterocycles. The van der Waals surface area contributed by atoms with Crippen LogP contribution in [0.25, 0.3) is 0 Å². The molecule has 0 bridgehead atoms. The van der Waals surface area contributed by atoms with E-state index in [1.165, 1.54) is 19.3 Å². The summed E-state index contributed by atoms with van der Waals surface area (Å²) in [5.74, 6) is 0. The number of likely N-dealkylation sites (N-methyl/N-ethyl adjacent to an activating group) is 1. The fraction of sp³-hybridized carbons (Fsp3) is 0.786. The Morgan fingerprint density at radius 2 is 2.24 bits per heavy atom. The van der Waals surface area contributed by atoms with Gasteiger partial charge in [-0.15, -0.1) is 0 Å². The third kappa shape index (κ3) is 5.99. The van der Waals surface area contributed by atoms with Gasteiger partial charge in [-0.1, -0.05) is 32.3 Å². The molecular weight excluding hydrogens is 212 g/mol. The van der Waals surface area contributed by atoms with Crippen molar-refractivity contribution < 1.29 is 4.74 Å². The number of nitrogens with zero attached hydrogens (tertiary/aromatic N) is 1. The molecule has 17 heavy (non-hydrogen) atoms. The molecule has 0 spiro atoms. The minimum Gasteiger partial charge on any atom is -0.375 e. The zero-order valence-electron chi connectivity index (χ0n) is 11.3. The summed E-state index contributed by atoms with van der Waals surface area (Å²) in [6.07, 6.45) is 8.16. The first-order valence-electron chi connectivity index (χ1n) is 6.77. The maximum Gasteiger partial charge on any atom is 0.0883 e. The number of nitrogens with one attached hydrogen (secondary N) is 1. The first kappa shape index (κ1) is 14.4.